The summed E-state index contributed by atoms with van der Waals surface area (Å²) in [5.41, 5.74) is 1.02. The van der Waals surface area contributed by atoms with Crippen molar-refractivity contribution < 1.29 is 17.9 Å². The lowest BCUT2D eigenvalue weighted by atomic mass is 9.92. The van der Waals surface area contributed by atoms with Crippen molar-refractivity contribution in [3.8, 4) is 11.5 Å². The maximum atomic E-state index is 15.4. The number of fused-ring (bicyclic) bond motifs is 1. The summed E-state index contributed by atoms with van der Waals surface area (Å²) in [7, 11) is -2.50. The van der Waals surface area contributed by atoms with Crippen molar-refractivity contribution in [3.63, 3.8) is 0 Å². The van der Waals surface area contributed by atoms with Crippen molar-refractivity contribution in [1.82, 2.24) is 0 Å². The molecule has 0 aromatic heterocycles. The average Bonchev–Trinajstić information content (AvgIpc) is 2.54. The first-order valence-corrected chi connectivity index (χ1v) is 11.8. The van der Waals surface area contributed by atoms with Gasteiger partial charge in [-0.15, -0.1) is 0 Å². The molecule has 1 aliphatic rings. The van der Waals surface area contributed by atoms with Gasteiger partial charge in [-0.1, -0.05) is 54.2 Å². The molecule has 0 unspecified atom stereocenters. The molecule has 0 saturated carbocycles. The van der Waals surface area contributed by atoms with Gasteiger partial charge < -0.3 is 9.16 Å². The first-order valence-electron chi connectivity index (χ1n) is 9.63. The summed E-state index contributed by atoms with van der Waals surface area (Å²) < 4.78 is 42.5. The fourth-order valence-electron chi connectivity index (χ4n) is 4.40. The van der Waals surface area contributed by atoms with E-state index in [2.05, 4.69) is 48.1 Å². The van der Waals surface area contributed by atoms with Gasteiger partial charge in [0.05, 0.1) is 0 Å². The van der Waals surface area contributed by atoms with Gasteiger partial charge in [0.1, 0.15) is 5.60 Å². The summed E-state index contributed by atoms with van der Waals surface area (Å²) in [5, 5.41) is 0. The van der Waals surface area contributed by atoms with Gasteiger partial charge in [-0.2, -0.15) is 4.39 Å². The molecule has 2 rings (SSSR count). The van der Waals surface area contributed by atoms with Crippen molar-refractivity contribution in [2.75, 3.05) is 0 Å². The van der Waals surface area contributed by atoms with Crippen LogP contribution in [-0.4, -0.2) is 13.9 Å². The molecule has 0 bridgehead atoms. The van der Waals surface area contributed by atoms with E-state index in [4.69, 9.17) is 9.16 Å². The van der Waals surface area contributed by atoms with Crippen LogP contribution >= 0.6 is 0 Å². The first kappa shape index (κ1) is 21.7. The van der Waals surface area contributed by atoms with E-state index in [-0.39, 0.29) is 28.1 Å². The Morgan fingerprint density at radius 3 is 2.04 bits per heavy atom. The molecule has 0 amide bonds. The van der Waals surface area contributed by atoms with Crippen molar-refractivity contribution in [2.24, 2.45) is 0 Å². The van der Waals surface area contributed by atoms with Gasteiger partial charge in [-0.05, 0) is 48.2 Å². The standard InChI is InChI=1S/C22H32F2O2Si/c1-10-17-11-16-12-18(23)21(19(24)20(16)25-22(17,8)9)26-27(13(2)3,14(4)5)15(6)7/h10-15H,1H2,2-9H3. The van der Waals surface area contributed by atoms with Gasteiger partial charge in [0, 0.05) is 5.56 Å². The molecule has 1 aliphatic heterocycles. The minimum Gasteiger partial charge on any atom is -0.539 e. The lowest BCUT2D eigenvalue weighted by Crippen LogP contribution is -2.51. The van der Waals surface area contributed by atoms with Crippen LogP contribution in [0.1, 0.15) is 61.0 Å². The molecule has 0 aliphatic carbocycles. The molecule has 0 fully saturated rings. The second-order valence-electron chi connectivity index (χ2n) is 8.76. The summed E-state index contributed by atoms with van der Waals surface area (Å²) in [5.74, 6) is -1.70. The molecule has 150 valence electrons. The maximum absolute atomic E-state index is 15.4. The monoisotopic (exact) mass is 394 g/mol. The van der Waals surface area contributed by atoms with Crippen LogP contribution in [0.5, 0.6) is 11.5 Å². The number of hydrogen-bond acceptors (Lipinski definition) is 2. The van der Waals surface area contributed by atoms with Gasteiger partial charge in [-0.3, -0.25) is 0 Å². The zero-order chi connectivity index (χ0) is 20.7. The predicted molar refractivity (Wildman–Crippen MR) is 111 cm³/mol. The van der Waals surface area contributed by atoms with E-state index in [9.17, 15) is 4.39 Å². The third-order valence-electron chi connectivity index (χ3n) is 5.73. The van der Waals surface area contributed by atoms with Crippen LogP contribution in [0.4, 0.5) is 8.78 Å². The Balaban J connectivity index is 2.65. The lowest BCUT2D eigenvalue weighted by Gasteiger charge is -2.42. The summed E-state index contributed by atoms with van der Waals surface area (Å²) in [6, 6.07) is 1.30. The molecule has 1 aromatic carbocycles. The van der Waals surface area contributed by atoms with E-state index in [1.165, 1.54) is 6.07 Å². The van der Waals surface area contributed by atoms with Gasteiger partial charge in [0.15, 0.2) is 17.3 Å². The minimum atomic E-state index is -2.50. The van der Waals surface area contributed by atoms with Gasteiger partial charge >= 0.3 is 0 Å². The second kappa shape index (κ2) is 7.42. The molecule has 0 saturated heterocycles. The third-order valence-corrected chi connectivity index (χ3v) is 11.7. The third kappa shape index (κ3) is 3.58. The van der Waals surface area contributed by atoms with E-state index in [1.54, 1.807) is 12.2 Å². The number of hydrogen-bond donors (Lipinski definition) is 0. The maximum Gasteiger partial charge on any atom is 0.259 e. The summed E-state index contributed by atoms with van der Waals surface area (Å²) in [6.45, 7) is 19.9. The fraction of sp³-hybridized carbons (Fsp3) is 0.545. The van der Waals surface area contributed by atoms with E-state index < -0.39 is 25.6 Å². The van der Waals surface area contributed by atoms with E-state index in [1.807, 2.05) is 13.8 Å². The van der Waals surface area contributed by atoms with Crippen LogP contribution in [0, 0.1) is 11.6 Å². The Hall–Kier alpha value is -1.62. The summed E-state index contributed by atoms with van der Waals surface area (Å²) in [6.07, 6.45) is 3.37. The molecule has 1 aromatic rings. The molecule has 0 N–H and O–H groups in total. The van der Waals surface area contributed by atoms with Crippen LogP contribution in [-0.2, 0) is 0 Å². The summed E-state index contributed by atoms with van der Waals surface area (Å²) >= 11 is 0. The Bertz CT molecular complexity index is 742. The second-order valence-corrected chi connectivity index (χ2v) is 14.1. The average molecular weight is 395 g/mol. The fourth-order valence-corrected chi connectivity index (χ4v) is 9.65. The minimum absolute atomic E-state index is 0.0427. The Labute approximate surface area is 163 Å². The Morgan fingerprint density at radius 1 is 1.07 bits per heavy atom. The van der Waals surface area contributed by atoms with Crippen LogP contribution in [0.3, 0.4) is 0 Å². The Morgan fingerprint density at radius 2 is 1.59 bits per heavy atom. The lowest BCUT2D eigenvalue weighted by molar-refractivity contribution is 0.140. The zero-order valence-electron chi connectivity index (χ0n) is 17.7. The van der Waals surface area contributed by atoms with Crippen molar-refractivity contribution in [2.45, 2.75) is 77.6 Å². The first-order chi connectivity index (χ1) is 12.4. The highest BCUT2D eigenvalue weighted by molar-refractivity contribution is 6.78. The molecule has 5 heteroatoms. The van der Waals surface area contributed by atoms with E-state index >= 15 is 4.39 Å². The van der Waals surface area contributed by atoms with Gasteiger partial charge in [0.2, 0.25) is 5.82 Å². The molecular weight excluding hydrogens is 362 g/mol. The number of rotatable bonds is 6. The quantitative estimate of drug-likeness (QED) is 0.473. The number of halogens is 2. The van der Waals surface area contributed by atoms with E-state index in [0.717, 1.165) is 5.57 Å². The van der Waals surface area contributed by atoms with Crippen molar-refractivity contribution in [1.29, 1.82) is 0 Å². The van der Waals surface area contributed by atoms with E-state index in [0.29, 0.717) is 5.56 Å². The van der Waals surface area contributed by atoms with Crippen LogP contribution in [0.15, 0.2) is 24.3 Å². The molecule has 0 atom stereocenters. The predicted octanol–water partition coefficient (Wildman–Crippen LogP) is 7.26. The highest BCUT2D eigenvalue weighted by Crippen LogP contribution is 2.47. The normalized spacial score (nSPS) is 16.3. The smallest absolute Gasteiger partial charge is 0.259 e. The highest BCUT2D eigenvalue weighted by atomic mass is 28.4. The number of benzene rings is 1. The molecule has 2 nitrogen and oxygen atoms in total. The van der Waals surface area contributed by atoms with Gasteiger partial charge in [0.25, 0.3) is 8.32 Å². The van der Waals surface area contributed by atoms with Crippen LogP contribution in [0.2, 0.25) is 16.6 Å². The number of ether oxygens (including phenoxy) is 1. The highest BCUT2D eigenvalue weighted by Gasteiger charge is 2.48. The SMILES string of the molecule is C=CC1=Cc2cc(F)c(O[Si](C(C)C)(C(C)C)C(C)C)c(F)c2OC1(C)C. The van der Waals surface area contributed by atoms with Gasteiger partial charge in [-0.25, -0.2) is 4.39 Å². The molecule has 0 spiro atoms. The zero-order valence-corrected chi connectivity index (χ0v) is 18.7. The molecular formula is C22H32F2O2Si. The largest absolute Gasteiger partial charge is 0.539 e. The van der Waals surface area contributed by atoms with Crippen molar-refractivity contribution in [3.05, 3.63) is 41.5 Å². The van der Waals surface area contributed by atoms with Crippen LogP contribution in [0.25, 0.3) is 6.08 Å². The van der Waals surface area contributed by atoms with Crippen molar-refractivity contribution >= 4 is 14.4 Å². The topological polar surface area (TPSA) is 18.5 Å². The Kier molecular flexibility index (Phi) is 5.95. The molecule has 1 heterocycles. The summed E-state index contributed by atoms with van der Waals surface area (Å²) in [4.78, 5) is 0. The molecule has 27 heavy (non-hydrogen) atoms. The molecule has 0 radical (unpaired) electrons. The van der Waals surface area contributed by atoms with Crippen LogP contribution < -0.4 is 9.16 Å².